The van der Waals surface area contributed by atoms with Gasteiger partial charge in [-0.2, -0.15) is 0 Å². The minimum absolute atomic E-state index is 0.102. The van der Waals surface area contributed by atoms with E-state index in [4.69, 9.17) is 0 Å². The smallest absolute Gasteiger partial charge is 0.264 e. The van der Waals surface area contributed by atoms with Gasteiger partial charge < -0.3 is 10.2 Å². The van der Waals surface area contributed by atoms with Crippen LogP contribution in [-0.4, -0.2) is 50.3 Å². The molecular weight excluding hydrogens is 534 g/mol. The van der Waals surface area contributed by atoms with Crippen LogP contribution < -0.4 is 9.62 Å². The Labute approximate surface area is 244 Å². The van der Waals surface area contributed by atoms with Crippen molar-refractivity contribution in [1.82, 2.24) is 10.2 Å². The first-order chi connectivity index (χ1) is 19.7. The molecule has 8 heteroatoms. The van der Waals surface area contributed by atoms with Crippen molar-refractivity contribution >= 4 is 27.5 Å². The second-order valence-corrected chi connectivity index (χ2v) is 12.8. The predicted octanol–water partition coefficient (Wildman–Crippen LogP) is 5.41. The largest absolute Gasteiger partial charge is 0.352 e. The first-order valence-corrected chi connectivity index (χ1v) is 15.9. The van der Waals surface area contributed by atoms with E-state index < -0.39 is 28.5 Å². The average molecular weight is 576 g/mol. The second kappa shape index (κ2) is 13.8. The summed E-state index contributed by atoms with van der Waals surface area (Å²) in [4.78, 5) is 29.1. The van der Waals surface area contributed by atoms with Crippen LogP contribution in [0.5, 0.6) is 0 Å². The number of rotatable bonds is 11. The van der Waals surface area contributed by atoms with Crippen molar-refractivity contribution in [2.75, 3.05) is 17.4 Å². The van der Waals surface area contributed by atoms with Crippen LogP contribution in [0.15, 0.2) is 83.8 Å². The topological polar surface area (TPSA) is 86.8 Å². The molecule has 1 atom stereocenters. The summed E-state index contributed by atoms with van der Waals surface area (Å²) in [5.74, 6) is -0.632. The van der Waals surface area contributed by atoms with Crippen molar-refractivity contribution in [3.05, 3.63) is 95.6 Å². The van der Waals surface area contributed by atoms with Gasteiger partial charge in [-0.1, -0.05) is 73.9 Å². The summed E-state index contributed by atoms with van der Waals surface area (Å²) in [6, 6.07) is 22.6. The molecule has 0 spiro atoms. The van der Waals surface area contributed by atoms with E-state index in [1.807, 2.05) is 50.2 Å². The number of anilines is 1. The number of sulfonamides is 1. The highest BCUT2D eigenvalue weighted by atomic mass is 32.2. The molecule has 1 saturated carbocycles. The van der Waals surface area contributed by atoms with Gasteiger partial charge in [-0.3, -0.25) is 13.9 Å². The standard InChI is InChI=1S/C33H41N3O4S/c1-25-19-20-30(23-26(25)2)36(41(39,40)31-17-11-6-12-18-31)24-32(37)35(22-21-28-13-7-4-8-14-28)27(3)33(38)34-29-15-9-5-10-16-29/h4,6-8,11-14,17-20,23,27,29H,5,9-10,15-16,21-22,24H2,1-3H3,(H,34,38). The van der Waals surface area contributed by atoms with E-state index in [9.17, 15) is 18.0 Å². The van der Waals surface area contributed by atoms with Crippen molar-refractivity contribution in [2.45, 2.75) is 76.3 Å². The van der Waals surface area contributed by atoms with Crippen LogP contribution in [0.1, 0.15) is 55.7 Å². The molecule has 1 fully saturated rings. The first kappa shape index (κ1) is 30.3. The Balaban J connectivity index is 1.64. The summed E-state index contributed by atoms with van der Waals surface area (Å²) in [7, 11) is -4.06. The molecule has 0 aromatic heterocycles. The Hall–Kier alpha value is -3.65. The lowest BCUT2D eigenvalue weighted by Crippen LogP contribution is -2.53. The maximum atomic E-state index is 14.1. The molecule has 0 aliphatic heterocycles. The first-order valence-electron chi connectivity index (χ1n) is 14.5. The van der Waals surface area contributed by atoms with Gasteiger partial charge in [0.15, 0.2) is 0 Å². The molecule has 2 amide bonds. The highest BCUT2D eigenvalue weighted by Crippen LogP contribution is 2.26. The predicted molar refractivity (Wildman–Crippen MR) is 163 cm³/mol. The lowest BCUT2D eigenvalue weighted by molar-refractivity contribution is -0.139. The summed E-state index contributed by atoms with van der Waals surface area (Å²) in [5, 5.41) is 3.14. The molecule has 0 radical (unpaired) electrons. The van der Waals surface area contributed by atoms with E-state index >= 15 is 0 Å². The molecule has 4 rings (SSSR count). The SMILES string of the molecule is Cc1ccc(N(CC(=O)N(CCc2ccccc2)C(C)C(=O)NC2CCCCC2)S(=O)(=O)c2ccccc2)cc1C. The van der Waals surface area contributed by atoms with Gasteiger partial charge in [0.1, 0.15) is 12.6 Å². The summed E-state index contributed by atoms with van der Waals surface area (Å²) < 4.78 is 29.0. The Morgan fingerprint density at radius 1 is 0.878 bits per heavy atom. The monoisotopic (exact) mass is 575 g/mol. The van der Waals surface area contributed by atoms with Crippen molar-refractivity contribution in [2.24, 2.45) is 0 Å². The van der Waals surface area contributed by atoms with Crippen molar-refractivity contribution < 1.29 is 18.0 Å². The van der Waals surface area contributed by atoms with Crippen LogP contribution in [0.3, 0.4) is 0 Å². The third kappa shape index (κ3) is 7.76. The number of carbonyl (C=O) groups excluding carboxylic acids is 2. The van der Waals surface area contributed by atoms with Gasteiger partial charge in [0, 0.05) is 12.6 Å². The van der Waals surface area contributed by atoms with Crippen molar-refractivity contribution in [3.8, 4) is 0 Å². The quantitative estimate of drug-likeness (QED) is 0.331. The molecule has 0 bridgehead atoms. The van der Waals surface area contributed by atoms with Gasteiger partial charge in [0.25, 0.3) is 10.0 Å². The van der Waals surface area contributed by atoms with Crippen molar-refractivity contribution in [3.63, 3.8) is 0 Å². The minimum atomic E-state index is -4.06. The summed E-state index contributed by atoms with van der Waals surface area (Å²) in [6.07, 6.45) is 5.76. The van der Waals surface area contributed by atoms with Crippen LogP contribution in [0.25, 0.3) is 0 Å². The van der Waals surface area contributed by atoms with Crippen LogP contribution in [0.4, 0.5) is 5.69 Å². The Morgan fingerprint density at radius 3 is 2.15 bits per heavy atom. The van der Waals surface area contributed by atoms with Crippen LogP contribution in [-0.2, 0) is 26.0 Å². The fraction of sp³-hybridized carbons (Fsp3) is 0.394. The molecule has 1 N–H and O–H groups in total. The highest BCUT2D eigenvalue weighted by molar-refractivity contribution is 7.92. The fourth-order valence-corrected chi connectivity index (χ4v) is 6.70. The second-order valence-electron chi connectivity index (χ2n) is 10.9. The highest BCUT2D eigenvalue weighted by Gasteiger charge is 2.33. The number of aryl methyl sites for hydroxylation is 2. The summed E-state index contributed by atoms with van der Waals surface area (Å²) >= 11 is 0. The maximum absolute atomic E-state index is 14.1. The number of hydrogen-bond donors (Lipinski definition) is 1. The molecule has 7 nitrogen and oxygen atoms in total. The zero-order valence-corrected chi connectivity index (χ0v) is 25.1. The van der Waals surface area contributed by atoms with E-state index in [0.717, 1.165) is 42.4 Å². The van der Waals surface area contributed by atoms with Crippen LogP contribution >= 0.6 is 0 Å². The molecule has 1 unspecified atom stereocenters. The lowest BCUT2D eigenvalue weighted by Gasteiger charge is -2.33. The van der Waals surface area contributed by atoms with E-state index in [-0.39, 0.29) is 23.4 Å². The fourth-order valence-electron chi connectivity index (χ4n) is 5.27. The Bertz CT molecular complexity index is 1420. The van der Waals surface area contributed by atoms with Gasteiger partial charge in [0.05, 0.1) is 10.6 Å². The maximum Gasteiger partial charge on any atom is 0.264 e. The number of carbonyl (C=O) groups is 2. The number of nitrogens with zero attached hydrogens (tertiary/aromatic N) is 2. The Kier molecular flexibility index (Phi) is 10.2. The van der Waals surface area contributed by atoms with E-state index in [1.54, 1.807) is 37.3 Å². The van der Waals surface area contributed by atoms with Gasteiger partial charge >= 0.3 is 0 Å². The van der Waals surface area contributed by atoms with Crippen LogP contribution in [0.2, 0.25) is 0 Å². The normalized spacial score (nSPS) is 14.7. The molecule has 3 aromatic rings. The summed E-state index contributed by atoms with van der Waals surface area (Å²) in [6.45, 7) is 5.47. The van der Waals surface area contributed by atoms with Crippen molar-refractivity contribution in [1.29, 1.82) is 0 Å². The molecule has 1 aliphatic carbocycles. The molecule has 0 saturated heterocycles. The van der Waals surface area contributed by atoms with Gasteiger partial charge in [-0.15, -0.1) is 0 Å². The average Bonchev–Trinajstić information content (AvgIpc) is 2.98. The van der Waals surface area contributed by atoms with Gasteiger partial charge in [-0.25, -0.2) is 8.42 Å². The third-order valence-corrected chi connectivity index (χ3v) is 9.78. The zero-order chi connectivity index (χ0) is 29.4. The number of amides is 2. The molecule has 41 heavy (non-hydrogen) atoms. The molecule has 218 valence electrons. The zero-order valence-electron chi connectivity index (χ0n) is 24.3. The lowest BCUT2D eigenvalue weighted by atomic mass is 9.95. The Morgan fingerprint density at radius 2 is 1.51 bits per heavy atom. The molecule has 1 aliphatic rings. The minimum Gasteiger partial charge on any atom is -0.352 e. The van der Waals surface area contributed by atoms with Crippen LogP contribution in [0, 0.1) is 13.8 Å². The number of benzene rings is 3. The van der Waals surface area contributed by atoms with E-state index in [1.165, 1.54) is 27.8 Å². The molecular formula is C33H41N3O4S. The number of hydrogen-bond acceptors (Lipinski definition) is 4. The molecule has 0 heterocycles. The molecule has 3 aromatic carbocycles. The number of nitrogens with one attached hydrogen (secondary N) is 1. The van der Waals surface area contributed by atoms with Gasteiger partial charge in [0.2, 0.25) is 11.8 Å². The summed E-state index contributed by atoms with van der Waals surface area (Å²) in [5.41, 5.74) is 3.39. The van der Waals surface area contributed by atoms with E-state index in [2.05, 4.69) is 5.32 Å². The third-order valence-electron chi connectivity index (χ3n) is 7.99. The van der Waals surface area contributed by atoms with Gasteiger partial charge in [-0.05, 0) is 81.0 Å². The van der Waals surface area contributed by atoms with E-state index in [0.29, 0.717) is 12.1 Å².